The van der Waals surface area contributed by atoms with Crippen LogP contribution in [0.4, 0.5) is 10.1 Å². The van der Waals surface area contributed by atoms with Crippen molar-refractivity contribution < 1.29 is 4.39 Å². The van der Waals surface area contributed by atoms with Crippen LogP contribution in [-0.4, -0.2) is 45.2 Å². The van der Waals surface area contributed by atoms with E-state index in [9.17, 15) is 4.39 Å². The van der Waals surface area contributed by atoms with Crippen LogP contribution in [0.3, 0.4) is 0 Å². The van der Waals surface area contributed by atoms with Crippen LogP contribution in [0.5, 0.6) is 0 Å². The predicted molar refractivity (Wildman–Crippen MR) is 168 cm³/mol. The van der Waals surface area contributed by atoms with Gasteiger partial charge in [0.05, 0.1) is 17.4 Å². The van der Waals surface area contributed by atoms with Gasteiger partial charge in [-0.15, -0.1) is 0 Å². The number of pyridine rings is 2. The Kier molecular flexibility index (Phi) is 7.98. The number of imidazole rings is 1. The van der Waals surface area contributed by atoms with Crippen molar-refractivity contribution in [1.82, 2.24) is 19.3 Å². The van der Waals surface area contributed by atoms with E-state index in [2.05, 4.69) is 78.1 Å². The first-order valence-corrected chi connectivity index (χ1v) is 17.5. The van der Waals surface area contributed by atoms with Gasteiger partial charge in [-0.25, -0.2) is 4.98 Å². The molecule has 1 unspecified atom stereocenters. The van der Waals surface area contributed by atoms with Crippen LogP contribution in [0.2, 0.25) is 5.02 Å². The molecule has 1 atom stereocenters. The average Bonchev–Trinajstić information content (AvgIpc) is 3.23. The number of nitrogens with zero attached hydrogens (tertiary/aromatic N) is 4. The van der Waals surface area contributed by atoms with Gasteiger partial charge in [0.25, 0.3) is 0 Å². The van der Waals surface area contributed by atoms with Gasteiger partial charge >= 0.3 is 0 Å². The quantitative estimate of drug-likeness (QED) is 0.116. The Labute approximate surface area is 246 Å². The third-order valence-corrected chi connectivity index (χ3v) is 9.12. The summed E-state index contributed by atoms with van der Waals surface area (Å²) >= 11 is 9.04. The van der Waals surface area contributed by atoms with E-state index in [4.69, 9.17) is 22.0 Å². The van der Waals surface area contributed by atoms with E-state index in [-0.39, 0.29) is 12.6 Å². The van der Waals surface area contributed by atoms with Gasteiger partial charge in [0.2, 0.25) is 0 Å². The lowest BCUT2D eigenvalue weighted by Crippen LogP contribution is -2.46. The number of nitrogens with one attached hydrogen (secondary N) is 2. The molecule has 1 saturated heterocycles. The molecular formula is C29H28ClFIN6P. The van der Waals surface area contributed by atoms with Crippen molar-refractivity contribution in [2.24, 2.45) is 5.92 Å². The topological polar surface area (TPSA) is 69.3 Å². The number of fused-ring (bicyclic) bond motifs is 2. The first kappa shape index (κ1) is 26.8. The molecular weight excluding hydrogens is 645 g/mol. The molecule has 0 spiro atoms. The standard InChI is InChI=1S/C29H28ClFIN6P/c30-26-13-34-8-6-22(26)23-3-1-2-21-24(4-5-27(36-39-32)25(21)12-33)29(23)19-7-9-38-17-20(35-28(38)10-19)16-37-14-18(11-31)15-37/h4-10,12-13,17-18,33,36,39H,1-3,11,14-16H2. The fraction of sp³-hybridized carbons (Fsp3) is 0.276. The molecule has 1 aliphatic heterocycles. The number of hydrogen-bond acceptors (Lipinski definition) is 5. The van der Waals surface area contributed by atoms with Crippen LogP contribution in [-0.2, 0) is 13.0 Å². The second kappa shape index (κ2) is 11.6. The number of rotatable bonds is 8. The van der Waals surface area contributed by atoms with Crippen molar-refractivity contribution in [3.05, 3.63) is 93.7 Å². The summed E-state index contributed by atoms with van der Waals surface area (Å²) < 4.78 is 14.9. The number of aromatic nitrogens is 3. The van der Waals surface area contributed by atoms with Crippen molar-refractivity contribution in [3.8, 4) is 0 Å². The summed E-state index contributed by atoms with van der Waals surface area (Å²) in [5, 5.41) is 12.3. The van der Waals surface area contributed by atoms with E-state index in [0.29, 0.717) is 11.4 Å². The largest absolute Gasteiger partial charge is 0.358 e. The van der Waals surface area contributed by atoms with Crippen molar-refractivity contribution in [2.75, 3.05) is 24.9 Å². The number of benzene rings is 1. The zero-order valence-corrected chi connectivity index (χ0v) is 25.1. The molecule has 0 radical (unpaired) electrons. The summed E-state index contributed by atoms with van der Waals surface area (Å²) in [7, 11) is 0. The number of anilines is 1. The van der Waals surface area contributed by atoms with Gasteiger partial charge in [-0.05, 0) is 99.0 Å². The lowest BCUT2D eigenvalue weighted by molar-refractivity contribution is 0.0727. The first-order valence-electron chi connectivity index (χ1n) is 13.0. The van der Waals surface area contributed by atoms with Crippen molar-refractivity contribution in [3.63, 3.8) is 0 Å². The van der Waals surface area contributed by atoms with Crippen LogP contribution in [0, 0.1) is 11.3 Å². The Morgan fingerprint density at radius 2 is 2.08 bits per heavy atom. The van der Waals surface area contributed by atoms with E-state index in [1.165, 1.54) is 17.4 Å². The Balaban J connectivity index is 1.50. The molecule has 10 heteroatoms. The predicted octanol–water partition coefficient (Wildman–Crippen LogP) is 7.43. The summed E-state index contributed by atoms with van der Waals surface area (Å²) in [6.07, 6.45) is 12.3. The van der Waals surface area contributed by atoms with Crippen LogP contribution in [0.25, 0.3) is 16.8 Å². The number of allylic oxidation sites excluding steroid dienone is 1. The monoisotopic (exact) mass is 672 g/mol. The third-order valence-electron chi connectivity index (χ3n) is 7.64. The molecule has 6 nitrogen and oxygen atoms in total. The maximum atomic E-state index is 12.9. The van der Waals surface area contributed by atoms with Gasteiger partial charge in [-0.1, -0.05) is 17.7 Å². The molecule has 200 valence electrons. The van der Waals surface area contributed by atoms with Crippen LogP contribution >= 0.6 is 40.0 Å². The Bertz CT molecular complexity index is 1580. The molecule has 3 aromatic heterocycles. The minimum absolute atomic E-state index is 0.160. The molecule has 39 heavy (non-hydrogen) atoms. The van der Waals surface area contributed by atoms with E-state index in [0.717, 1.165) is 83.8 Å². The fourth-order valence-corrected chi connectivity index (χ4v) is 7.27. The molecule has 0 bridgehead atoms. The summed E-state index contributed by atoms with van der Waals surface area (Å²) in [5.41, 5.74) is 10.5. The van der Waals surface area contributed by atoms with E-state index < -0.39 is 0 Å². The highest BCUT2D eigenvalue weighted by Crippen LogP contribution is 2.44. The number of alkyl halides is 1. The van der Waals surface area contributed by atoms with E-state index >= 15 is 0 Å². The van der Waals surface area contributed by atoms with Gasteiger partial charge in [0, 0.05) is 74.2 Å². The highest BCUT2D eigenvalue weighted by molar-refractivity contribution is 14.2. The Morgan fingerprint density at radius 3 is 2.85 bits per heavy atom. The zero-order valence-electron chi connectivity index (χ0n) is 21.2. The smallest absolute Gasteiger partial charge is 0.137 e. The maximum Gasteiger partial charge on any atom is 0.137 e. The van der Waals surface area contributed by atoms with Crippen molar-refractivity contribution >= 4 is 68.7 Å². The van der Waals surface area contributed by atoms with Crippen LogP contribution in [0.15, 0.2) is 55.1 Å². The third kappa shape index (κ3) is 5.24. The number of hydrogen-bond donors (Lipinski definition) is 2. The summed E-state index contributed by atoms with van der Waals surface area (Å²) in [4.78, 5) is 11.4. The molecule has 2 N–H and O–H groups in total. The lowest BCUT2D eigenvalue weighted by atomic mass is 9.87. The highest BCUT2D eigenvalue weighted by Gasteiger charge is 2.27. The first-order chi connectivity index (χ1) is 19.1. The lowest BCUT2D eigenvalue weighted by Gasteiger charge is -2.37. The molecule has 6 rings (SSSR count). The van der Waals surface area contributed by atoms with Gasteiger partial charge in [0.1, 0.15) is 5.65 Å². The minimum Gasteiger partial charge on any atom is -0.358 e. The van der Waals surface area contributed by atoms with Gasteiger partial charge in [-0.2, -0.15) is 0 Å². The number of halogens is 3. The summed E-state index contributed by atoms with van der Waals surface area (Å²) in [6, 6.07) is 10.6. The molecule has 4 aromatic rings. The molecule has 2 aliphatic rings. The summed E-state index contributed by atoms with van der Waals surface area (Å²) in [6.45, 7) is 2.06. The zero-order chi connectivity index (χ0) is 26.9. The molecule has 4 heterocycles. The Morgan fingerprint density at radius 1 is 1.21 bits per heavy atom. The molecule has 1 fully saturated rings. The van der Waals surface area contributed by atoms with Crippen molar-refractivity contribution in [1.29, 1.82) is 5.41 Å². The molecule has 0 saturated carbocycles. The fourth-order valence-electron chi connectivity index (χ4n) is 5.84. The second-order valence-corrected chi connectivity index (χ2v) is 12.6. The average molecular weight is 673 g/mol. The van der Waals surface area contributed by atoms with Gasteiger partial charge in [0.15, 0.2) is 0 Å². The number of likely N-dealkylation sites (tertiary alicyclic amines) is 1. The molecule has 0 amide bonds. The van der Waals surface area contributed by atoms with Gasteiger partial charge < -0.3 is 14.9 Å². The molecule has 1 aliphatic carbocycles. The second-order valence-electron chi connectivity index (χ2n) is 10.1. The summed E-state index contributed by atoms with van der Waals surface area (Å²) in [5.74, 6) is 0.160. The highest BCUT2D eigenvalue weighted by atomic mass is 127. The van der Waals surface area contributed by atoms with Gasteiger partial charge in [-0.3, -0.25) is 14.3 Å². The van der Waals surface area contributed by atoms with Crippen LogP contribution in [0.1, 0.15) is 46.4 Å². The van der Waals surface area contributed by atoms with E-state index in [1.807, 2.05) is 6.07 Å². The van der Waals surface area contributed by atoms with Crippen molar-refractivity contribution in [2.45, 2.75) is 25.8 Å². The maximum absolute atomic E-state index is 12.9. The normalized spacial score (nSPS) is 16.5. The molecule has 1 aromatic carbocycles. The minimum atomic E-state index is -0.249. The van der Waals surface area contributed by atoms with Crippen LogP contribution < -0.4 is 5.09 Å². The van der Waals surface area contributed by atoms with E-state index in [1.54, 1.807) is 12.4 Å². The SMILES string of the molecule is N=Cc1c(NPI)ccc2c1CCCC(c1ccncc1Cl)=C2c1ccn2cc(CN3CC(CF)C3)nc2c1. The Hall–Kier alpha value is -2.39.